The van der Waals surface area contributed by atoms with Gasteiger partial charge in [0, 0.05) is 19.6 Å². The van der Waals surface area contributed by atoms with E-state index < -0.39 is 10.0 Å². The highest BCUT2D eigenvalue weighted by atomic mass is 32.2. The molecule has 0 saturated carbocycles. The summed E-state index contributed by atoms with van der Waals surface area (Å²) in [6.07, 6.45) is 0.640. The lowest BCUT2D eigenvalue weighted by Crippen LogP contribution is -2.34. The van der Waals surface area contributed by atoms with Gasteiger partial charge < -0.3 is 10.5 Å². The summed E-state index contributed by atoms with van der Waals surface area (Å²) in [4.78, 5) is 0. The number of methoxy groups -OCH3 is 1. The standard InChI is InChI=1S/C12H22N2O3S2/c1-9(2)10(13)5-7-14(3)19(15,16)12-11(17-4)6-8-18-12/h6,8-10H,5,7,13H2,1-4H3. The molecule has 0 fully saturated rings. The van der Waals surface area contributed by atoms with Crippen LogP contribution in [0.25, 0.3) is 0 Å². The summed E-state index contributed by atoms with van der Waals surface area (Å²) in [6, 6.07) is 1.66. The van der Waals surface area contributed by atoms with Crippen molar-refractivity contribution in [1.82, 2.24) is 4.31 Å². The maximum absolute atomic E-state index is 12.4. The van der Waals surface area contributed by atoms with Gasteiger partial charge in [-0.1, -0.05) is 13.8 Å². The fourth-order valence-electron chi connectivity index (χ4n) is 1.55. The highest BCUT2D eigenvalue weighted by Gasteiger charge is 2.26. The van der Waals surface area contributed by atoms with E-state index >= 15 is 0 Å². The molecule has 0 spiro atoms. The van der Waals surface area contributed by atoms with Crippen LogP contribution >= 0.6 is 11.3 Å². The van der Waals surface area contributed by atoms with Crippen LogP contribution in [0.1, 0.15) is 20.3 Å². The molecule has 110 valence electrons. The molecule has 1 aromatic heterocycles. The highest BCUT2D eigenvalue weighted by Crippen LogP contribution is 2.31. The van der Waals surface area contributed by atoms with Crippen molar-refractivity contribution in [3.8, 4) is 5.75 Å². The molecule has 0 bridgehead atoms. The van der Waals surface area contributed by atoms with Crippen molar-refractivity contribution < 1.29 is 13.2 Å². The molecule has 1 unspecified atom stereocenters. The third-order valence-electron chi connectivity index (χ3n) is 3.09. The number of sulfonamides is 1. The molecule has 0 aliphatic heterocycles. The van der Waals surface area contributed by atoms with Crippen LogP contribution in [-0.2, 0) is 10.0 Å². The lowest BCUT2D eigenvalue weighted by atomic mass is 10.0. The molecule has 1 rings (SSSR count). The van der Waals surface area contributed by atoms with E-state index in [1.807, 2.05) is 13.8 Å². The molecule has 0 aliphatic rings. The summed E-state index contributed by atoms with van der Waals surface area (Å²) in [5, 5.41) is 1.71. The minimum atomic E-state index is -3.49. The number of nitrogens with two attached hydrogens (primary N) is 1. The first-order valence-corrected chi connectivity index (χ1v) is 8.46. The van der Waals surface area contributed by atoms with Gasteiger partial charge in [-0.2, -0.15) is 0 Å². The maximum atomic E-state index is 12.4. The van der Waals surface area contributed by atoms with E-state index in [4.69, 9.17) is 10.5 Å². The normalized spacial score (nSPS) is 14.1. The van der Waals surface area contributed by atoms with Crippen LogP contribution in [0.2, 0.25) is 0 Å². The zero-order chi connectivity index (χ0) is 14.6. The van der Waals surface area contributed by atoms with Gasteiger partial charge in [-0.25, -0.2) is 12.7 Å². The minimum Gasteiger partial charge on any atom is -0.494 e. The number of thiophene rings is 1. The van der Waals surface area contributed by atoms with Gasteiger partial charge in [-0.05, 0) is 23.8 Å². The molecule has 1 aromatic rings. The van der Waals surface area contributed by atoms with E-state index in [-0.39, 0.29) is 10.3 Å². The van der Waals surface area contributed by atoms with E-state index in [0.717, 1.165) is 11.3 Å². The first kappa shape index (κ1) is 16.4. The zero-order valence-electron chi connectivity index (χ0n) is 11.8. The fraction of sp³-hybridized carbons (Fsp3) is 0.667. The molecule has 0 aliphatic carbocycles. The summed E-state index contributed by atoms with van der Waals surface area (Å²) in [5.74, 6) is 0.734. The number of nitrogens with zero attached hydrogens (tertiary/aromatic N) is 1. The lowest BCUT2D eigenvalue weighted by molar-refractivity contribution is 0.389. The van der Waals surface area contributed by atoms with Gasteiger partial charge in [0.05, 0.1) is 7.11 Å². The van der Waals surface area contributed by atoms with Gasteiger partial charge in [0.1, 0.15) is 5.75 Å². The Labute approximate surface area is 119 Å². The van der Waals surface area contributed by atoms with Crippen LogP contribution in [-0.4, -0.2) is 39.5 Å². The van der Waals surface area contributed by atoms with Crippen LogP contribution in [0.15, 0.2) is 15.7 Å². The van der Waals surface area contributed by atoms with Crippen LogP contribution in [0.4, 0.5) is 0 Å². The van der Waals surface area contributed by atoms with Crippen molar-refractivity contribution in [2.75, 3.05) is 20.7 Å². The van der Waals surface area contributed by atoms with E-state index in [0.29, 0.717) is 24.6 Å². The molecule has 19 heavy (non-hydrogen) atoms. The fourth-order valence-corrected chi connectivity index (χ4v) is 4.20. The predicted molar refractivity (Wildman–Crippen MR) is 78.1 cm³/mol. The van der Waals surface area contributed by atoms with Gasteiger partial charge >= 0.3 is 0 Å². The molecule has 5 nitrogen and oxygen atoms in total. The van der Waals surface area contributed by atoms with Crippen LogP contribution < -0.4 is 10.5 Å². The highest BCUT2D eigenvalue weighted by molar-refractivity contribution is 7.91. The Morgan fingerprint density at radius 2 is 2.11 bits per heavy atom. The van der Waals surface area contributed by atoms with Gasteiger partial charge in [0.15, 0.2) is 4.21 Å². The van der Waals surface area contributed by atoms with Gasteiger partial charge in [0.25, 0.3) is 10.0 Å². The molecule has 0 amide bonds. The summed E-state index contributed by atoms with van der Waals surface area (Å²) in [6.45, 7) is 4.46. The third kappa shape index (κ3) is 3.92. The number of rotatable bonds is 7. The van der Waals surface area contributed by atoms with Crippen LogP contribution in [0, 0.1) is 5.92 Å². The lowest BCUT2D eigenvalue weighted by Gasteiger charge is -2.21. The molecule has 0 aromatic carbocycles. The van der Waals surface area contributed by atoms with E-state index in [1.165, 1.54) is 11.4 Å². The Hall–Kier alpha value is -0.630. The average molecular weight is 306 g/mol. The van der Waals surface area contributed by atoms with Gasteiger partial charge in [0.2, 0.25) is 0 Å². The SMILES string of the molecule is COc1ccsc1S(=O)(=O)N(C)CCC(N)C(C)C. The van der Waals surface area contributed by atoms with Crippen molar-refractivity contribution in [2.45, 2.75) is 30.5 Å². The molecule has 0 saturated heterocycles. The second kappa shape index (κ2) is 6.69. The van der Waals surface area contributed by atoms with Crippen molar-refractivity contribution in [3.63, 3.8) is 0 Å². The molecule has 1 heterocycles. The third-order valence-corrected chi connectivity index (χ3v) is 6.37. The summed E-state index contributed by atoms with van der Waals surface area (Å²) < 4.78 is 31.4. The first-order chi connectivity index (χ1) is 8.80. The second-order valence-corrected chi connectivity index (χ2v) is 7.96. The topological polar surface area (TPSA) is 72.6 Å². The average Bonchev–Trinajstić information content (AvgIpc) is 2.83. The molecule has 7 heteroatoms. The Morgan fingerprint density at radius 1 is 1.47 bits per heavy atom. The quantitative estimate of drug-likeness (QED) is 0.833. The van der Waals surface area contributed by atoms with Gasteiger partial charge in [-0.3, -0.25) is 0 Å². The minimum absolute atomic E-state index is 0.00267. The maximum Gasteiger partial charge on any atom is 0.256 e. The smallest absolute Gasteiger partial charge is 0.256 e. The number of hydrogen-bond donors (Lipinski definition) is 1. The van der Waals surface area contributed by atoms with E-state index in [2.05, 4.69) is 0 Å². The summed E-state index contributed by atoms with van der Waals surface area (Å²) >= 11 is 1.16. The number of ether oxygens (including phenoxy) is 1. The van der Waals surface area contributed by atoms with E-state index in [9.17, 15) is 8.42 Å². The van der Waals surface area contributed by atoms with Crippen molar-refractivity contribution >= 4 is 21.4 Å². The van der Waals surface area contributed by atoms with Crippen LogP contribution in [0.3, 0.4) is 0 Å². The Balaban J connectivity index is 2.78. The largest absolute Gasteiger partial charge is 0.494 e. The summed E-state index contributed by atoms with van der Waals surface area (Å²) in [7, 11) is -0.449. The Bertz CT molecular complexity index is 497. The Kier molecular flexibility index (Phi) is 5.79. The van der Waals surface area contributed by atoms with Crippen molar-refractivity contribution in [3.05, 3.63) is 11.4 Å². The predicted octanol–water partition coefficient (Wildman–Crippen LogP) is 1.75. The van der Waals surface area contributed by atoms with Crippen LogP contribution in [0.5, 0.6) is 5.75 Å². The van der Waals surface area contributed by atoms with E-state index in [1.54, 1.807) is 18.5 Å². The first-order valence-electron chi connectivity index (χ1n) is 6.14. The molecular formula is C12H22N2O3S2. The van der Waals surface area contributed by atoms with Crippen molar-refractivity contribution in [1.29, 1.82) is 0 Å². The molecule has 2 N–H and O–H groups in total. The van der Waals surface area contributed by atoms with Gasteiger partial charge in [-0.15, -0.1) is 11.3 Å². The second-order valence-electron chi connectivity index (χ2n) is 4.80. The molecule has 0 radical (unpaired) electrons. The number of hydrogen-bond acceptors (Lipinski definition) is 5. The Morgan fingerprint density at radius 3 is 2.63 bits per heavy atom. The summed E-state index contributed by atoms with van der Waals surface area (Å²) in [5.41, 5.74) is 5.94. The molecular weight excluding hydrogens is 284 g/mol. The zero-order valence-corrected chi connectivity index (χ0v) is 13.4. The molecule has 1 atom stereocenters. The monoisotopic (exact) mass is 306 g/mol. The van der Waals surface area contributed by atoms with Crippen molar-refractivity contribution in [2.24, 2.45) is 11.7 Å².